The van der Waals surface area contributed by atoms with Gasteiger partial charge in [-0.15, -0.1) is 0 Å². The number of ketones is 1. The maximum atomic E-state index is 13.6. The van der Waals surface area contributed by atoms with Gasteiger partial charge in [-0.2, -0.15) is 0 Å². The van der Waals surface area contributed by atoms with E-state index in [9.17, 15) is 28.8 Å². The van der Waals surface area contributed by atoms with E-state index in [0.717, 1.165) is 19.3 Å². The van der Waals surface area contributed by atoms with Gasteiger partial charge in [0.2, 0.25) is 17.6 Å². The van der Waals surface area contributed by atoms with Gasteiger partial charge in [0.25, 0.3) is 12.4 Å². The van der Waals surface area contributed by atoms with Crippen molar-refractivity contribution in [2.45, 2.75) is 131 Å². The molecule has 2 rings (SSSR count). The summed E-state index contributed by atoms with van der Waals surface area (Å²) in [7, 11) is 0. The fraction of sp³-hybridized carbons (Fsp3) is 0.800. The molecule has 0 radical (unpaired) electrons. The van der Waals surface area contributed by atoms with Gasteiger partial charge in [0.05, 0.1) is 12.1 Å². The van der Waals surface area contributed by atoms with Crippen molar-refractivity contribution in [1.29, 1.82) is 0 Å². The third-order valence-corrected chi connectivity index (χ3v) is 7.87. The quantitative estimate of drug-likeness (QED) is 0.209. The third-order valence-electron chi connectivity index (χ3n) is 7.87. The predicted octanol–water partition coefficient (Wildman–Crippen LogP) is 2.42. The number of urea groups is 1. The van der Waals surface area contributed by atoms with Gasteiger partial charge >= 0.3 is 6.03 Å². The van der Waals surface area contributed by atoms with Gasteiger partial charge in [-0.3, -0.25) is 24.0 Å². The summed E-state index contributed by atoms with van der Waals surface area (Å²) in [5.41, 5.74) is 4.45. The number of nitrogens with two attached hydrogens (primary N) is 1. The Morgan fingerprint density at radius 2 is 1.50 bits per heavy atom. The molecule has 1 saturated heterocycles. The van der Waals surface area contributed by atoms with E-state index in [1.807, 2.05) is 48.5 Å². The normalized spacial score (nSPS) is 19.3. The van der Waals surface area contributed by atoms with Crippen molar-refractivity contribution in [2.24, 2.45) is 22.5 Å². The molecular formula is C30H53N5O7. The molecule has 1 heterocycles. The minimum absolute atomic E-state index is 0.0301. The molecule has 4 unspecified atom stereocenters. The number of nitrogens with one attached hydrogen (secondary N) is 3. The molecular weight excluding hydrogens is 542 g/mol. The summed E-state index contributed by atoms with van der Waals surface area (Å²) in [6.07, 6.45) is 4.40. The van der Waals surface area contributed by atoms with Gasteiger partial charge in [0, 0.05) is 12.6 Å². The second-order valence-electron chi connectivity index (χ2n) is 13.8. The van der Waals surface area contributed by atoms with Crippen LogP contribution in [0.4, 0.5) is 4.79 Å². The maximum absolute atomic E-state index is 13.6. The highest BCUT2D eigenvalue weighted by atomic mass is 16.5. The van der Waals surface area contributed by atoms with Crippen LogP contribution in [0.25, 0.3) is 0 Å². The molecule has 1 saturated carbocycles. The average Bonchev–Trinajstić information content (AvgIpc) is 3.32. The first kappa shape index (κ1) is 36.8. The number of carbonyl (C=O) groups excluding carboxylic acids is 6. The number of ether oxygens (including phenoxy) is 1. The number of primary amides is 1. The molecule has 1 aliphatic heterocycles. The Labute approximate surface area is 250 Å². The summed E-state index contributed by atoms with van der Waals surface area (Å²) in [5, 5.41) is 8.42. The molecule has 0 spiro atoms. The Balaban J connectivity index is 0.00000132. The second-order valence-corrected chi connectivity index (χ2v) is 13.8. The average molecular weight is 596 g/mol. The van der Waals surface area contributed by atoms with Gasteiger partial charge in [0.1, 0.15) is 12.1 Å². The lowest BCUT2D eigenvalue weighted by Crippen LogP contribution is -2.61. The van der Waals surface area contributed by atoms with Crippen molar-refractivity contribution in [3.8, 4) is 0 Å². The number of hydrogen-bond donors (Lipinski definition) is 4. The monoisotopic (exact) mass is 595 g/mol. The van der Waals surface area contributed by atoms with Gasteiger partial charge in [-0.1, -0.05) is 60.8 Å². The lowest BCUT2D eigenvalue weighted by atomic mass is 9.80. The van der Waals surface area contributed by atoms with Gasteiger partial charge in [-0.05, 0) is 56.8 Å². The number of amides is 5. The lowest BCUT2D eigenvalue weighted by Gasteiger charge is -2.36. The van der Waals surface area contributed by atoms with Crippen molar-refractivity contribution in [3.05, 3.63) is 0 Å². The van der Waals surface area contributed by atoms with Crippen LogP contribution < -0.4 is 21.7 Å². The maximum Gasteiger partial charge on any atom is 0.315 e. The summed E-state index contributed by atoms with van der Waals surface area (Å²) in [6.45, 7) is 17.9. The molecule has 240 valence electrons. The highest BCUT2D eigenvalue weighted by Gasteiger charge is 2.43. The van der Waals surface area contributed by atoms with Crippen LogP contribution in [0, 0.1) is 16.7 Å². The number of carbonyl (C=O) groups is 6. The van der Waals surface area contributed by atoms with Crippen LogP contribution in [0.15, 0.2) is 0 Å². The molecule has 5 amide bonds. The van der Waals surface area contributed by atoms with Crippen molar-refractivity contribution in [3.63, 3.8) is 0 Å². The third kappa shape index (κ3) is 11.6. The largest absolute Gasteiger partial charge is 0.465 e. The van der Waals surface area contributed by atoms with Crippen LogP contribution in [0.5, 0.6) is 0 Å². The van der Waals surface area contributed by atoms with Crippen molar-refractivity contribution in [2.75, 3.05) is 6.54 Å². The Bertz CT molecular complexity index is 966. The first-order chi connectivity index (χ1) is 19.3. The minimum Gasteiger partial charge on any atom is -0.465 e. The Kier molecular flexibility index (Phi) is 13.9. The first-order valence-electron chi connectivity index (χ1n) is 14.9. The zero-order valence-corrected chi connectivity index (χ0v) is 26.9. The second kappa shape index (κ2) is 15.9. The van der Waals surface area contributed by atoms with E-state index < -0.39 is 47.2 Å². The fourth-order valence-electron chi connectivity index (χ4n) is 4.55. The van der Waals surface area contributed by atoms with Crippen molar-refractivity contribution >= 4 is 36.0 Å². The molecule has 1 aliphatic carbocycles. The van der Waals surface area contributed by atoms with E-state index in [1.165, 1.54) is 4.90 Å². The molecule has 2 aliphatic rings. The molecule has 0 aromatic rings. The Hall–Kier alpha value is -3.18. The molecule has 0 aromatic carbocycles. The summed E-state index contributed by atoms with van der Waals surface area (Å²) >= 11 is 0. The van der Waals surface area contributed by atoms with Gasteiger partial charge < -0.3 is 31.3 Å². The summed E-state index contributed by atoms with van der Waals surface area (Å²) in [5.74, 6) is -2.45. The van der Waals surface area contributed by atoms with E-state index in [0.29, 0.717) is 32.3 Å². The van der Waals surface area contributed by atoms with E-state index in [1.54, 1.807) is 13.8 Å². The van der Waals surface area contributed by atoms with Gasteiger partial charge in [0.15, 0.2) is 0 Å². The van der Waals surface area contributed by atoms with Gasteiger partial charge in [-0.25, -0.2) is 4.79 Å². The molecule has 5 N–H and O–H groups in total. The molecule has 42 heavy (non-hydrogen) atoms. The van der Waals surface area contributed by atoms with E-state index in [2.05, 4.69) is 20.7 Å². The highest BCUT2D eigenvalue weighted by molar-refractivity contribution is 6.37. The van der Waals surface area contributed by atoms with E-state index >= 15 is 0 Å². The standard InChI is InChI=1S/C26H45N5O5.C4H8O2/c1-15(25(2,3)4)28-24(36)30-20(26(5,6)7)23(35)31-13-9-12-18(31)22(34)29-17(19(32)21(27)33)14-16-10-8-11-16;1-4(2)6-3-5/h15-18,20H,8-14H2,1-7H3,(H2,27,33)(H,29,34)(H2,28,30,36);3-4H,1-2H3. The number of nitrogens with zero attached hydrogens (tertiary/aromatic N) is 1. The SMILES string of the molecule is CC(C)OC=O.CC(NC(=O)NC(C(=O)N1CCCC1C(=O)NC(CC1CCC1)C(=O)C(N)=O)C(C)(C)C)C(C)(C)C. The lowest BCUT2D eigenvalue weighted by molar-refractivity contribution is -0.143. The van der Waals surface area contributed by atoms with Crippen molar-refractivity contribution < 1.29 is 33.5 Å². The van der Waals surface area contributed by atoms with Crippen LogP contribution in [0.1, 0.15) is 101 Å². The molecule has 12 heteroatoms. The smallest absolute Gasteiger partial charge is 0.315 e. The summed E-state index contributed by atoms with van der Waals surface area (Å²) < 4.78 is 4.36. The van der Waals surface area contributed by atoms with E-state index in [-0.39, 0.29) is 29.4 Å². The minimum atomic E-state index is -1.08. The zero-order chi connectivity index (χ0) is 32.4. The van der Waals surface area contributed by atoms with Crippen LogP contribution in [0.2, 0.25) is 0 Å². The topological polar surface area (TPSA) is 177 Å². The number of hydrogen-bond acceptors (Lipinski definition) is 7. The summed E-state index contributed by atoms with van der Waals surface area (Å²) in [6, 6.07) is -3.21. The molecule has 0 bridgehead atoms. The Morgan fingerprint density at radius 1 is 0.905 bits per heavy atom. The number of likely N-dealkylation sites (tertiary alicyclic amines) is 1. The number of Topliss-reactive ketones (excluding diaryl/α,β-unsaturated/α-hetero) is 1. The molecule has 4 atom stereocenters. The predicted molar refractivity (Wildman–Crippen MR) is 159 cm³/mol. The summed E-state index contributed by atoms with van der Waals surface area (Å²) in [4.78, 5) is 74.4. The highest BCUT2D eigenvalue weighted by Crippen LogP contribution is 2.31. The molecule has 0 aromatic heterocycles. The number of rotatable bonds is 11. The molecule has 12 nitrogen and oxygen atoms in total. The van der Waals surface area contributed by atoms with E-state index in [4.69, 9.17) is 5.73 Å². The van der Waals surface area contributed by atoms with Crippen molar-refractivity contribution in [1.82, 2.24) is 20.9 Å². The zero-order valence-electron chi connectivity index (χ0n) is 26.9. The van der Waals surface area contributed by atoms with Crippen LogP contribution >= 0.6 is 0 Å². The fourth-order valence-corrected chi connectivity index (χ4v) is 4.55. The molecule has 2 fully saturated rings. The van der Waals surface area contributed by atoms with Crippen LogP contribution in [-0.4, -0.2) is 77.7 Å². The Morgan fingerprint density at radius 3 is 1.90 bits per heavy atom. The first-order valence-corrected chi connectivity index (χ1v) is 14.9. The van der Waals surface area contributed by atoms with Crippen LogP contribution in [-0.2, 0) is 28.7 Å². The van der Waals surface area contributed by atoms with Crippen LogP contribution in [0.3, 0.4) is 0 Å².